The fourth-order valence-corrected chi connectivity index (χ4v) is 2.92. The Bertz CT molecular complexity index is 510. The first-order chi connectivity index (χ1) is 9.92. The molecule has 1 saturated carbocycles. The van der Waals surface area contributed by atoms with Crippen molar-refractivity contribution in [3.05, 3.63) is 48.3 Å². The van der Waals surface area contributed by atoms with Gasteiger partial charge in [-0.1, -0.05) is 43.9 Å². The monoisotopic (exact) mass is 269 g/mol. The van der Waals surface area contributed by atoms with E-state index < -0.39 is 0 Å². The van der Waals surface area contributed by atoms with Crippen LogP contribution in [-0.4, -0.2) is 15.8 Å². The van der Waals surface area contributed by atoms with Gasteiger partial charge in [0.15, 0.2) is 0 Å². The first kappa shape index (κ1) is 13.4. The van der Waals surface area contributed by atoms with Crippen LogP contribution < -0.4 is 5.32 Å². The van der Waals surface area contributed by atoms with E-state index in [-0.39, 0.29) is 0 Å². The third-order valence-electron chi connectivity index (χ3n) is 4.11. The maximum Gasteiger partial charge on any atom is 0.0645 e. The molecule has 0 atom stereocenters. The lowest BCUT2D eigenvalue weighted by Gasteiger charge is -2.15. The summed E-state index contributed by atoms with van der Waals surface area (Å²) in [6.45, 7) is 0.928. The summed E-state index contributed by atoms with van der Waals surface area (Å²) in [7, 11) is 0. The summed E-state index contributed by atoms with van der Waals surface area (Å²) in [5.41, 5.74) is 2.38. The minimum Gasteiger partial charge on any atom is -0.310 e. The lowest BCUT2D eigenvalue weighted by atomic mass is 10.1. The molecule has 0 bridgehead atoms. The molecule has 0 radical (unpaired) electrons. The molecule has 106 valence electrons. The second-order valence-electron chi connectivity index (χ2n) is 5.70. The SMILES string of the molecule is c1ccc(-n2cc(CNC3CCCCCC3)cn2)cc1. The van der Waals surface area contributed by atoms with Crippen LogP contribution in [0.15, 0.2) is 42.7 Å². The van der Waals surface area contributed by atoms with Crippen molar-refractivity contribution in [1.82, 2.24) is 15.1 Å². The molecule has 3 nitrogen and oxygen atoms in total. The molecule has 0 aliphatic heterocycles. The van der Waals surface area contributed by atoms with Gasteiger partial charge in [-0.25, -0.2) is 4.68 Å². The highest BCUT2D eigenvalue weighted by atomic mass is 15.3. The summed E-state index contributed by atoms with van der Waals surface area (Å²) in [4.78, 5) is 0. The van der Waals surface area contributed by atoms with E-state index in [2.05, 4.69) is 28.7 Å². The normalized spacial score (nSPS) is 17.0. The summed E-state index contributed by atoms with van der Waals surface area (Å²) in [6, 6.07) is 11.0. The first-order valence-corrected chi connectivity index (χ1v) is 7.74. The molecule has 1 aromatic carbocycles. The highest BCUT2D eigenvalue weighted by Gasteiger charge is 2.11. The molecule has 1 heterocycles. The molecule has 1 aliphatic rings. The summed E-state index contributed by atoms with van der Waals surface area (Å²) in [5.74, 6) is 0. The van der Waals surface area contributed by atoms with E-state index in [1.54, 1.807) is 0 Å². The van der Waals surface area contributed by atoms with Gasteiger partial charge >= 0.3 is 0 Å². The van der Waals surface area contributed by atoms with Gasteiger partial charge in [0.05, 0.1) is 11.9 Å². The standard InChI is InChI=1S/C17H23N3/c1-2-5-9-16(8-4-1)18-12-15-13-19-20(14-15)17-10-6-3-7-11-17/h3,6-7,10-11,13-14,16,18H,1-2,4-5,8-9,12H2. The fourth-order valence-electron chi connectivity index (χ4n) is 2.92. The molecule has 3 heteroatoms. The molecule has 0 unspecified atom stereocenters. The molecule has 0 spiro atoms. The van der Waals surface area contributed by atoms with Crippen LogP contribution in [-0.2, 0) is 6.54 Å². The number of para-hydroxylation sites is 1. The first-order valence-electron chi connectivity index (χ1n) is 7.74. The van der Waals surface area contributed by atoms with Crippen LogP contribution in [0, 0.1) is 0 Å². The Morgan fingerprint density at radius 1 is 1.05 bits per heavy atom. The van der Waals surface area contributed by atoms with Gasteiger partial charge < -0.3 is 5.32 Å². The number of nitrogens with one attached hydrogen (secondary N) is 1. The zero-order chi connectivity index (χ0) is 13.6. The average molecular weight is 269 g/mol. The van der Waals surface area contributed by atoms with E-state index in [0.717, 1.165) is 12.2 Å². The van der Waals surface area contributed by atoms with Gasteiger partial charge in [-0.05, 0) is 25.0 Å². The fraction of sp³-hybridized carbons (Fsp3) is 0.471. The van der Waals surface area contributed by atoms with Gasteiger partial charge in [-0.15, -0.1) is 0 Å². The van der Waals surface area contributed by atoms with E-state index in [4.69, 9.17) is 0 Å². The van der Waals surface area contributed by atoms with Crippen LogP contribution in [0.3, 0.4) is 0 Å². The quantitative estimate of drug-likeness (QED) is 0.858. The molecule has 20 heavy (non-hydrogen) atoms. The molecule has 2 aromatic rings. The van der Waals surface area contributed by atoms with Gasteiger partial charge in [-0.3, -0.25) is 0 Å². The van der Waals surface area contributed by atoms with Gasteiger partial charge in [0.2, 0.25) is 0 Å². The molecule has 1 aliphatic carbocycles. The topological polar surface area (TPSA) is 29.9 Å². The van der Waals surface area contributed by atoms with Crippen molar-refractivity contribution in [3.63, 3.8) is 0 Å². The number of rotatable bonds is 4. The van der Waals surface area contributed by atoms with Crippen molar-refractivity contribution in [2.24, 2.45) is 0 Å². The lowest BCUT2D eigenvalue weighted by Crippen LogP contribution is -2.27. The van der Waals surface area contributed by atoms with Gasteiger partial charge in [0.1, 0.15) is 0 Å². The molecule has 0 amide bonds. The summed E-state index contributed by atoms with van der Waals surface area (Å²) < 4.78 is 1.95. The Hall–Kier alpha value is -1.61. The second-order valence-corrected chi connectivity index (χ2v) is 5.70. The van der Waals surface area contributed by atoms with E-state index in [1.807, 2.05) is 29.1 Å². The van der Waals surface area contributed by atoms with Crippen LogP contribution in [0.1, 0.15) is 44.1 Å². The second kappa shape index (κ2) is 6.71. The summed E-state index contributed by atoms with van der Waals surface area (Å²) in [5, 5.41) is 8.13. The Balaban J connectivity index is 1.57. The molecule has 1 aromatic heterocycles. The molecular formula is C17H23N3. The number of aromatic nitrogens is 2. The van der Waals surface area contributed by atoms with Crippen molar-refractivity contribution < 1.29 is 0 Å². The van der Waals surface area contributed by atoms with Crippen molar-refractivity contribution in [2.45, 2.75) is 51.1 Å². The Morgan fingerprint density at radius 3 is 2.55 bits per heavy atom. The van der Waals surface area contributed by atoms with E-state index in [1.165, 1.54) is 44.1 Å². The van der Waals surface area contributed by atoms with Crippen molar-refractivity contribution in [2.75, 3.05) is 0 Å². The van der Waals surface area contributed by atoms with Gasteiger partial charge in [0, 0.05) is 24.3 Å². The highest BCUT2D eigenvalue weighted by molar-refractivity contribution is 5.30. The predicted octanol–water partition coefficient (Wildman–Crippen LogP) is 3.68. The third-order valence-corrected chi connectivity index (χ3v) is 4.11. The molecule has 0 saturated heterocycles. The molecular weight excluding hydrogens is 246 g/mol. The van der Waals surface area contributed by atoms with Crippen molar-refractivity contribution in [3.8, 4) is 5.69 Å². The Labute approximate surface area is 121 Å². The number of benzene rings is 1. The number of nitrogens with zero attached hydrogens (tertiary/aromatic N) is 2. The summed E-state index contributed by atoms with van der Waals surface area (Å²) >= 11 is 0. The smallest absolute Gasteiger partial charge is 0.0645 e. The maximum absolute atomic E-state index is 4.45. The zero-order valence-electron chi connectivity index (χ0n) is 12.0. The highest BCUT2D eigenvalue weighted by Crippen LogP contribution is 2.17. The van der Waals surface area contributed by atoms with Gasteiger partial charge in [0.25, 0.3) is 0 Å². The molecule has 1 N–H and O–H groups in total. The Kier molecular flexibility index (Phi) is 4.49. The minimum absolute atomic E-state index is 0.692. The van der Waals surface area contributed by atoms with Crippen LogP contribution in [0.4, 0.5) is 0 Å². The summed E-state index contributed by atoms with van der Waals surface area (Å²) in [6.07, 6.45) is 12.3. The van der Waals surface area contributed by atoms with Crippen LogP contribution in [0.2, 0.25) is 0 Å². The average Bonchev–Trinajstić information content (AvgIpc) is 2.82. The lowest BCUT2D eigenvalue weighted by molar-refractivity contribution is 0.459. The number of hydrogen-bond acceptors (Lipinski definition) is 2. The van der Waals surface area contributed by atoms with Crippen molar-refractivity contribution in [1.29, 1.82) is 0 Å². The Morgan fingerprint density at radius 2 is 1.80 bits per heavy atom. The van der Waals surface area contributed by atoms with Crippen LogP contribution in [0.25, 0.3) is 5.69 Å². The molecule has 3 rings (SSSR count). The van der Waals surface area contributed by atoms with Crippen LogP contribution >= 0.6 is 0 Å². The van der Waals surface area contributed by atoms with E-state index >= 15 is 0 Å². The van der Waals surface area contributed by atoms with E-state index in [0.29, 0.717) is 6.04 Å². The zero-order valence-corrected chi connectivity index (χ0v) is 12.0. The van der Waals surface area contributed by atoms with Crippen molar-refractivity contribution >= 4 is 0 Å². The largest absolute Gasteiger partial charge is 0.310 e. The maximum atomic E-state index is 4.45. The van der Waals surface area contributed by atoms with Crippen LogP contribution in [0.5, 0.6) is 0 Å². The number of hydrogen-bond donors (Lipinski definition) is 1. The minimum atomic E-state index is 0.692. The third kappa shape index (κ3) is 3.48. The van der Waals surface area contributed by atoms with Gasteiger partial charge in [-0.2, -0.15) is 5.10 Å². The predicted molar refractivity (Wildman–Crippen MR) is 81.9 cm³/mol. The van der Waals surface area contributed by atoms with E-state index in [9.17, 15) is 0 Å². The molecule has 1 fully saturated rings.